The van der Waals surface area contributed by atoms with Crippen molar-refractivity contribution < 1.29 is 27.8 Å². The Hall–Kier alpha value is -4.61. The summed E-state index contributed by atoms with van der Waals surface area (Å²) >= 11 is 0. The number of para-hydroxylation sites is 1. The lowest BCUT2D eigenvalue weighted by Gasteiger charge is -2.13. The van der Waals surface area contributed by atoms with Crippen LogP contribution in [0.4, 0.5) is 13.2 Å². The predicted octanol–water partition coefficient (Wildman–Crippen LogP) is 2.93. The Morgan fingerprint density at radius 2 is 1.94 bits per heavy atom. The van der Waals surface area contributed by atoms with Crippen LogP contribution in [0.15, 0.2) is 69.3 Å². The molecular weight excluding hydrogens is 481 g/mol. The first-order chi connectivity index (χ1) is 17.1. The molecule has 0 radical (unpaired) electrons. The molecule has 0 saturated carbocycles. The minimum absolute atomic E-state index is 0.0825. The molecule has 0 bridgehead atoms. The average molecular weight is 500 g/mol. The van der Waals surface area contributed by atoms with Gasteiger partial charge in [0.25, 0.3) is 5.56 Å². The second-order valence-corrected chi connectivity index (χ2v) is 7.76. The average Bonchev–Trinajstić information content (AvgIpc) is 3.25. The third-order valence-electron chi connectivity index (χ3n) is 5.50. The molecule has 0 spiro atoms. The van der Waals surface area contributed by atoms with E-state index in [4.69, 9.17) is 4.74 Å². The molecule has 4 rings (SSSR count). The third-order valence-corrected chi connectivity index (χ3v) is 5.50. The summed E-state index contributed by atoms with van der Waals surface area (Å²) < 4.78 is 44.7. The number of methoxy groups -OCH3 is 1. The molecular formula is C24H19F3N4O5. The van der Waals surface area contributed by atoms with Gasteiger partial charge in [0.2, 0.25) is 5.88 Å². The molecule has 2 aromatic carbocycles. The number of ether oxygens (including phenoxy) is 1. The molecule has 0 aliphatic carbocycles. The zero-order chi connectivity index (χ0) is 26.0. The Morgan fingerprint density at radius 1 is 1.19 bits per heavy atom. The van der Waals surface area contributed by atoms with Crippen LogP contribution in [0.5, 0.6) is 5.88 Å². The van der Waals surface area contributed by atoms with Gasteiger partial charge >= 0.3 is 17.8 Å². The Kier molecular flexibility index (Phi) is 6.51. The van der Waals surface area contributed by atoms with E-state index >= 15 is 0 Å². The molecule has 1 atom stereocenters. The Morgan fingerprint density at radius 3 is 2.67 bits per heavy atom. The van der Waals surface area contributed by atoms with Gasteiger partial charge < -0.3 is 14.8 Å². The summed E-state index contributed by atoms with van der Waals surface area (Å²) in [6.45, 7) is 0. The minimum Gasteiger partial charge on any atom is -0.493 e. The number of aromatic nitrogens is 3. The fourth-order valence-corrected chi connectivity index (χ4v) is 3.72. The molecule has 2 heterocycles. The Bertz CT molecular complexity index is 1580. The van der Waals surface area contributed by atoms with Crippen LogP contribution in [0, 0.1) is 0 Å². The van der Waals surface area contributed by atoms with Crippen molar-refractivity contribution in [3.05, 3.63) is 92.3 Å². The van der Waals surface area contributed by atoms with Crippen LogP contribution in [0.2, 0.25) is 0 Å². The second-order valence-electron chi connectivity index (χ2n) is 7.76. The lowest BCUT2D eigenvalue weighted by atomic mass is 10.1. The van der Waals surface area contributed by atoms with Crippen molar-refractivity contribution in [1.82, 2.24) is 14.5 Å². The predicted molar refractivity (Wildman–Crippen MR) is 125 cm³/mol. The number of carbonyl (C=O) groups excluding carboxylic acids is 1. The largest absolute Gasteiger partial charge is 0.493 e. The number of aromatic hydroxyl groups is 1. The van der Waals surface area contributed by atoms with Gasteiger partial charge in [0, 0.05) is 29.7 Å². The summed E-state index contributed by atoms with van der Waals surface area (Å²) in [6, 6.07) is 9.89. The topological polar surface area (TPSA) is 130 Å². The molecule has 0 aliphatic heterocycles. The fourth-order valence-electron chi connectivity index (χ4n) is 3.72. The highest BCUT2D eigenvalue weighted by Crippen LogP contribution is 2.30. The minimum atomic E-state index is -4.70. The van der Waals surface area contributed by atoms with E-state index in [9.17, 15) is 32.7 Å². The van der Waals surface area contributed by atoms with Gasteiger partial charge in [-0.05, 0) is 29.8 Å². The number of hydrogen-bond donors (Lipinski definition) is 3. The number of nitrogens with zero attached hydrogens (tertiary/aromatic N) is 2. The number of aromatic amines is 2. The first kappa shape index (κ1) is 24.5. The molecule has 0 unspecified atom stereocenters. The summed E-state index contributed by atoms with van der Waals surface area (Å²) in [4.78, 5) is 46.2. The number of rotatable bonds is 6. The maximum absolute atomic E-state index is 13.1. The number of aliphatic imine (C=N–C) groups is 1. The first-order valence-electron chi connectivity index (χ1n) is 10.5. The number of hydrogen-bond acceptors (Lipinski definition) is 6. The summed E-state index contributed by atoms with van der Waals surface area (Å²) in [6.07, 6.45) is -2.03. The molecule has 3 N–H and O–H groups in total. The first-order valence-corrected chi connectivity index (χ1v) is 10.5. The highest BCUT2D eigenvalue weighted by Gasteiger charge is 2.31. The van der Waals surface area contributed by atoms with Crippen LogP contribution in [0.1, 0.15) is 16.7 Å². The zero-order valence-electron chi connectivity index (χ0n) is 18.7. The summed E-state index contributed by atoms with van der Waals surface area (Å²) in [5, 5.41) is 11.5. The van der Waals surface area contributed by atoms with Crippen molar-refractivity contribution in [1.29, 1.82) is 0 Å². The van der Waals surface area contributed by atoms with E-state index in [1.54, 1.807) is 6.20 Å². The van der Waals surface area contributed by atoms with Crippen LogP contribution in [0.25, 0.3) is 16.6 Å². The van der Waals surface area contributed by atoms with Crippen molar-refractivity contribution in [2.75, 3.05) is 7.11 Å². The molecule has 4 aromatic rings. The highest BCUT2D eigenvalue weighted by molar-refractivity contribution is 5.87. The fraction of sp³-hybridized carbons (Fsp3) is 0.167. The van der Waals surface area contributed by atoms with Crippen LogP contribution < -0.4 is 11.2 Å². The number of fused-ring (bicyclic) bond motifs is 1. The second kappa shape index (κ2) is 9.56. The highest BCUT2D eigenvalue weighted by atomic mass is 19.4. The SMILES string of the molecule is COC(=O)[C@H](Cc1c[nH]c2ccccc12)N=Cc1c(O)n(-c2cccc(C(F)(F)F)c2)c(=O)[nH]c1=O. The number of alkyl halides is 3. The van der Waals surface area contributed by atoms with Crippen molar-refractivity contribution in [3.8, 4) is 11.6 Å². The van der Waals surface area contributed by atoms with Crippen LogP contribution >= 0.6 is 0 Å². The van der Waals surface area contributed by atoms with Gasteiger partial charge in [0.05, 0.1) is 18.4 Å². The van der Waals surface area contributed by atoms with E-state index in [-0.39, 0.29) is 12.1 Å². The number of nitrogens with one attached hydrogen (secondary N) is 2. The number of benzene rings is 2. The molecule has 12 heteroatoms. The monoisotopic (exact) mass is 500 g/mol. The quantitative estimate of drug-likeness (QED) is 0.277. The van der Waals surface area contributed by atoms with E-state index in [0.29, 0.717) is 10.6 Å². The van der Waals surface area contributed by atoms with Gasteiger partial charge in [-0.15, -0.1) is 0 Å². The maximum atomic E-state index is 13.1. The van der Waals surface area contributed by atoms with E-state index in [2.05, 4.69) is 9.98 Å². The normalized spacial score (nSPS) is 12.8. The van der Waals surface area contributed by atoms with E-state index in [1.165, 1.54) is 0 Å². The summed E-state index contributed by atoms with van der Waals surface area (Å²) in [5.41, 5.74) is -2.54. The van der Waals surface area contributed by atoms with E-state index < -0.39 is 46.4 Å². The molecule has 9 nitrogen and oxygen atoms in total. The molecule has 36 heavy (non-hydrogen) atoms. The zero-order valence-corrected chi connectivity index (χ0v) is 18.7. The van der Waals surface area contributed by atoms with Crippen LogP contribution in [-0.2, 0) is 22.1 Å². The van der Waals surface area contributed by atoms with Gasteiger partial charge in [0.15, 0.2) is 6.04 Å². The lowest BCUT2D eigenvalue weighted by Crippen LogP contribution is -2.32. The number of halogens is 3. The number of H-pyrrole nitrogens is 2. The standard InChI is InChI=1S/C24H19F3N4O5/c1-36-22(34)19(9-13-11-28-18-8-3-2-7-16(13)18)29-12-17-20(32)30-23(35)31(21(17)33)15-6-4-5-14(10-15)24(25,26)27/h2-8,10-12,19,28,33H,9H2,1H3,(H,30,32,35)/t19-/m0/s1. The molecule has 0 aliphatic rings. The van der Waals surface area contributed by atoms with Gasteiger partial charge in [-0.1, -0.05) is 24.3 Å². The third kappa shape index (κ3) is 4.78. The molecule has 0 saturated heterocycles. The molecule has 0 amide bonds. The van der Waals surface area contributed by atoms with Crippen molar-refractivity contribution in [2.24, 2.45) is 4.99 Å². The van der Waals surface area contributed by atoms with Crippen molar-refractivity contribution in [2.45, 2.75) is 18.6 Å². The van der Waals surface area contributed by atoms with Gasteiger partial charge in [-0.2, -0.15) is 13.2 Å². The maximum Gasteiger partial charge on any atom is 0.416 e. The smallest absolute Gasteiger partial charge is 0.416 e. The van der Waals surface area contributed by atoms with Crippen LogP contribution in [0.3, 0.4) is 0 Å². The molecule has 2 aromatic heterocycles. The molecule has 186 valence electrons. The summed E-state index contributed by atoms with van der Waals surface area (Å²) in [7, 11) is 1.16. The Balaban J connectivity index is 1.74. The summed E-state index contributed by atoms with van der Waals surface area (Å²) in [5.74, 6) is -1.67. The molecule has 0 fully saturated rings. The number of esters is 1. The van der Waals surface area contributed by atoms with Gasteiger partial charge in [-0.25, -0.2) is 14.2 Å². The Labute approximate surface area is 200 Å². The van der Waals surface area contributed by atoms with E-state index in [0.717, 1.165) is 48.0 Å². The van der Waals surface area contributed by atoms with Crippen LogP contribution in [-0.4, -0.2) is 45.0 Å². The lowest BCUT2D eigenvalue weighted by molar-refractivity contribution is -0.142. The van der Waals surface area contributed by atoms with Gasteiger partial charge in [-0.3, -0.25) is 14.8 Å². The van der Waals surface area contributed by atoms with Crippen molar-refractivity contribution in [3.63, 3.8) is 0 Å². The van der Waals surface area contributed by atoms with Crippen molar-refractivity contribution >= 4 is 23.1 Å². The van der Waals surface area contributed by atoms with Gasteiger partial charge in [0.1, 0.15) is 5.56 Å². The number of carbonyl (C=O) groups is 1. The van der Waals surface area contributed by atoms with E-state index in [1.807, 2.05) is 29.2 Å².